The Kier molecular flexibility index (Phi) is 3.00. The Morgan fingerprint density at radius 3 is 2.33 bits per heavy atom. The largest absolute Gasteiger partial charge is 0.393 e. The Hall–Kier alpha value is -0.230. The minimum absolute atomic E-state index is 0.763. The van der Waals surface area contributed by atoms with Gasteiger partial charge in [0, 0.05) is 0 Å². The molecule has 0 aromatic heterocycles. The average Bonchev–Trinajstić information content (AvgIpc) is 2.32. The van der Waals surface area contributed by atoms with Crippen LogP contribution < -0.4 is 0 Å². The summed E-state index contributed by atoms with van der Waals surface area (Å²) in [5.41, 5.74) is 0. The molecule has 0 aromatic rings. The van der Waals surface area contributed by atoms with Gasteiger partial charge in [-0.1, -0.05) is 0 Å². The van der Waals surface area contributed by atoms with E-state index in [1.165, 1.54) is 0 Å². The highest BCUT2D eigenvalue weighted by atomic mass is 19.1. The molecule has 5 atom stereocenters. The summed E-state index contributed by atoms with van der Waals surface area (Å²) in [5, 5.41) is 26.6. The summed E-state index contributed by atoms with van der Waals surface area (Å²) in [6, 6.07) is 0. The lowest BCUT2D eigenvalue weighted by Crippen LogP contribution is -2.38. The first-order valence-corrected chi connectivity index (χ1v) is 3.60. The van der Waals surface area contributed by atoms with E-state index in [-0.39, 0.29) is 0 Å². The predicted molar refractivity (Wildman–Crippen MR) is 37.0 cm³/mol. The molecule has 0 amide bonds. The number of ether oxygens (including phenoxy) is 1. The first kappa shape index (κ1) is 9.85. The van der Waals surface area contributed by atoms with Gasteiger partial charge in [-0.05, 0) is 6.92 Å². The van der Waals surface area contributed by atoms with Crippen molar-refractivity contribution < 1.29 is 24.4 Å². The molecule has 0 saturated carbocycles. The van der Waals surface area contributed by atoms with Crippen LogP contribution in [0.15, 0.2) is 0 Å². The van der Waals surface area contributed by atoms with Crippen molar-refractivity contribution in [2.75, 3.05) is 6.61 Å². The molecular formula is C7H11FO4. The molecule has 0 aliphatic carbocycles. The van der Waals surface area contributed by atoms with Gasteiger partial charge in [0.1, 0.15) is 18.3 Å². The number of rotatable bonds is 2. The van der Waals surface area contributed by atoms with E-state index in [9.17, 15) is 4.39 Å². The minimum atomic E-state index is -1.72. The molecule has 0 aromatic carbocycles. The number of hydrogen-bond acceptors (Lipinski definition) is 4. The third-order valence-corrected chi connectivity index (χ3v) is 1.87. The maximum Gasteiger partial charge on any atom is 0.152 e. The third-order valence-electron chi connectivity index (χ3n) is 1.87. The van der Waals surface area contributed by atoms with E-state index in [4.69, 9.17) is 22.2 Å². The lowest BCUT2D eigenvalue weighted by molar-refractivity contribution is -0.0433. The topological polar surface area (TPSA) is 69.9 Å². The fourth-order valence-electron chi connectivity index (χ4n) is 1.13. The molecule has 1 fully saturated rings. The summed E-state index contributed by atoms with van der Waals surface area (Å²) >= 11 is 0. The molecule has 0 bridgehead atoms. The quantitative estimate of drug-likeness (QED) is 0.482. The van der Waals surface area contributed by atoms with Crippen molar-refractivity contribution in [3.8, 4) is 0 Å². The maximum atomic E-state index is 12.7. The lowest BCUT2D eigenvalue weighted by atomic mass is 10.1. The predicted octanol–water partition coefficient (Wildman–Crippen LogP) is -1.48. The van der Waals surface area contributed by atoms with Gasteiger partial charge in [-0.3, -0.25) is 0 Å². The Labute approximate surface area is 69.6 Å². The van der Waals surface area contributed by atoms with Crippen molar-refractivity contribution in [1.29, 1.82) is 0 Å². The van der Waals surface area contributed by atoms with Crippen molar-refractivity contribution in [1.82, 2.24) is 0 Å². The summed E-state index contributed by atoms with van der Waals surface area (Å²) in [6.45, 7) is 4.41. The zero-order valence-electron chi connectivity index (χ0n) is 6.30. The standard InChI is InChI=1S/C7H11FO4/c1-3-5(10)6(11)7(12-3)4(8)2-9/h1,3-7,9-11H,2H2/t3?,4-,5?,6+,7-/m0/s1. The van der Waals surface area contributed by atoms with Crippen molar-refractivity contribution in [3.63, 3.8) is 0 Å². The summed E-state index contributed by atoms with van der Waals surface area (Å²) in [7, 11) is 0. The second-order valence-corrected chi connectivity index (χ2v) is 2.75. The van der Waals surface area contributed by atoms with Crippen LogP contribution in [0.4, 0.5) is 4.39 Å². The van der Waals surface area contributed by atoms with Gasteiger partial charge in [-0.2, -0.15) is 0 Å². The van der Waals surface area contributed by atoms with E-state index in [1.807, 2.05) is 0 Å². The van der Waals surface area contributed by atoms with Crippen LogP contribution in [0.25, 0.3) is 0 Å². The fourth-order valence-corrected chi connectivity index (χ4v) is 1.13. The molecule has 5 heteroatoms. The molecule has 70 valence electrons. The van der Waals surface area contributed by atoms with E-state index in [0.29, 0.717) is 0 Å². The summed E-state index contributed by atoms with van der Waals surface area (Å²) in [4.78, 5) is 0. The molecular weight excluding hydrogens is 167 g/mol. The Bertz CT molecular complexity index is 154. The number of alkyl halides is 1. The van der Waals surface area contributed by atoms with Crippen LogP contribution in [0.5, 0.6) is 0 Å². The van der Waals surface area contributed by atoms with E-state index < -0.39 is 37.2 Å². The van der Waals surface area contributed by atoms with Crippen molar-refractivity contribution in [2.24, 2.45) is 0 Å². The molecule has 1 heterocycles. The van der Waals surface area contributed by atoms with Crippen molar-refractivity contribution in [3.05, 3.63) is 6.92 Å². The van der Waals surface area contributed by atoms with Crippen LogP contribution in [0.1, 0.15) is 0 Å². The normalized spacial score (nSPS) is 44.8. The van der Waals surface area contributed by atoms with Gasteiger partial charge in [0.15, 0.2) is 6.17 Å². The first-order chi connectivity index (χ1) is 5.57. The van der Waals surface area contributed by atoms with Gasteiger partial charge in [-0.15, -0.1) is 0 Å². The van der Waals surface area contributed by atoms with Gasteiger partial charge < -0.3 is 20.1 Å². The van der Waals surface area contributed by atoms with Gasteiger partial charge in [-0.25, -0.2) is 4.39 Å². The molecule has 0 spiro atoms. The van der Waals surface area contributed by atoms with Gasteiger partial charge >= 0.3 is 0 Å². The zero-order chi connectivity index (χ0) is 9.30. The maximum absolute atomic E-state index is 12.7. The van der Waals surface area contributed by atoms with Crippen LogP contribution in [0.3, 0.4) is 0 Å². The van der Waals surface area contributed by atoms with Crippen LogP contribution in [-0.2, 0) is 4.74 Å². The van der Waals surface area contributed by atoms with Gasteiger partial charge in [0.2, 0.25) is 0 Å². The number of halogens is 1. The lowest BCUT2D eigenvalue weighted by Gasteiger charge is -2.16. The molecule has 1 saturated heterocycles. The monoisotopic (exact) mass is 178 g/mol. The van der Waals surface area contributed by atoms with Gasteiger partial charge in [0.05, 0.1) is 12.7 Å². The molecule has 12 heavy (non-hydrogen) atoms. The third kappa shape index (κ3) is 1.59. The van der Waals surface area contributed by atoms with Crippen LogP contribution in [0, 0.1) is 6.92 Å². The SMILES string of the molecule is [CH]C1O[C@@H]([C@@H](F)CO)[C@H](O)C1O. The second kappa shape index (κ2) is 3.66. The zero-order valence-corrected chi connectivity index (χ0v) is 6.30. The van der Waals surface area contributed by atoms with Crippen molar-refractivity contribution >= 4 is 0 Å². The molecule has 3 N–H and O–H groups in total. The number of aliphatic hydroxyl groups is 3. The highest BCUT2D eigenvalue weighted by Crippen LogP contribution is 2.24. The summed E-state index contributed by atoms with van der Waals surface area (Å²) in [6.07, 6.45) is -6.71. The van der Waals surface area contributed by atoms with Crippen molar-refractivity contribution in [2.45, 2.75) is 30.6 Å². The fraction of sp³-hybridized carbons (Fsp3) is 0.857. The van der Waals surface area contributed by atoms with Crippen LogP contribution >= 0.6 is 0 Å². The highest BCUT2D eigenvalue weighted by Gasteiger charge is 2.44. The molecule has 2 unspecified atom stereocenters. The highest BCUT2D eigenvalue weighted by molar-refractivity contribution is 4.94. The van der Waals surface area contributed by atoms with Crippen LogP contribution in [-0.4, -0.2) is 52.5 Å². The average molecular weight is 178 g/mol. The number of hydrogen-bond donors (Lipinski definition) is 3. The smallest absolute Gasteiger partial charge is 0.152 e. The second-order valence-electron chi connectivity index (χ2n) is 2.75. The van der Waals surface area contributed by atoms with E-state index in [2.05, 4.69) is 4.74 Å². The Morgan fingerprint density at radius 1 is 1.42 bits per heavy atom. The molecule has 4 nitrogen and oxygen atoms in total. The van der Waals surface area contributed by atoms with E-state index in [1.54, 1.807) is 0 Å². The van der Waals surface area contributed by atoms with E-state index >= 15 is 0 Å². The Balaban J connectivity index is 2.58. The van der Waals surface area contributed by atoms with Crippen LogP contribution in [0.2, 0.25) is 0 Å². The summed E-state index contributed by atoms with van der Waals surface area (Å²) < 4.78 is 17.4. The summed E-state index contributed by atoms with van der Waals surface area (Å²) in [5.74, 6) is 0. The molecule has 1 aliphatic heterocycles. The molecule has 1 rings (SSSR count). The molecule has 2 radical (unpaired) electrons. The first-order valence-electron chi connectivity index (χ1n) is 3.60. The van der Waals surface area contributed by atoms with Gasteiger partial charge in [0.25, 0.3) is 0 Å². The minimum Gasteiger partial charge on any atom is -0.393 e. The number of aliphatic hydroxyl groups excluding tert-OH is 3. The Morgan fingerprint density at radius 2 is 2.00 bits per heavy atom. The molecule has 1 aliphatic rings. The van der Waals surface area contributed by atoms with E-state index in [0.717, 1.165) is 0 Å².